The highest BCUT2D eigenvalue weighted by atomic mass is 16.5. The summed E-state index contributed by atoms with van der Waals surface area (Å²) in [4.78, 5) is 15.1. The number of primary amides is 1. The van der Waals surface area contributed by atoms with Crippen molar-refractivity contribution in [2.24, 2.45) is 5.73 Å². The summed E-state index contributed by atoms with van der Waals surface area (Å²) in [5, 5.41) is 0. The van der Waals surface area contributed by atoms with E-state index in [2.05, 4.69) is 4.98 Å². The first-order valence-electron chi connectivity index (χ1n) is 5.25. The molecule has 2 heterocycles. The van der Waals surface area contributed by atoms with Gasteiger partial charge in [-0.1, -0.05) is 0 Å². The fourth-order valence-electron chi connectivity index (χ4n) is 1.65. The van der Waals surface area contributed by atoms with Gasteiger partial charge in [-0.25, -0.2) is 0 Å². The van der Waals surface area contributed by atoms with E-state index >= 15 is 0 Å². The fourth-order valence-corrected chi connectivity index (χ4v) is 1.65. The number of nitrogens with two attached hydrogens (primary N) is 1. The lowest BCUT2D eigenvalue weighted by Gasteiger charge is -2.23. The molecule has 1 aromatic heterocycles. The topological polar surface area (TPSA) is 74.4 Å². The average Bonchev–Trinajstić information content (AvgIpc) is 2.31. The number of hydrogen-bond acceptors (Lipinski definition) is 4. The summed E-state index contributed by atoms with van der Waals surface area (Å²) in [6.07, 6.45) is 4.78. The Balaban J connectivity index is 2.10. The van der Waals surface area contributed by atoms with E-state index in [-0.39, 0.29) is 6.10 Å². The normalized spacial score (nSPS) is 17.0. The van der Waals surface area contributed by atoms with E-state index in [9.17, 15) is 4.79 Å². The van der Waals surface area contributed by atoms with Crippen molar-refractivity contribution in [3.8, 4) is 5.75 Å². The number of aromatic nitrogens is 1. The number of hydrogen-bond donors (Lipinski definition) is 1. The molecule has 1 aliphatic rings. The highest BCUT2D eigenvalue weighted by Gasteiger charge is 2.18. The van der Waals surface area contributed by atoms with Crippen molar-refractivity contribution < 1.29 is 14.3 Å². The molecule has 5 heteroatoms. The zero-order chi connectivity index (χ0) is 11.4. The number of nitrogens with zero attached hydrogens (tertiary/aromatic N) is 1. The van der Waals surface area contributed by atoms with Gasteiger partial charge in [0.2, 0.25) is 0 Å². The largest absolute Gasteiger partial charge is 0.488 e. The molecule has 1 fully saturated rings. The molecule has 1 aromatic rings. The molecular weight excluding hydrogens is 208 g/mol. The molecule has 2 N–H and O–H groups in total. The van der Waals surface area contributed by atoms with Gasteiger partial charge in [0.05, 0.1) is 25.0 Å². The molecule has 0 spiro atoms. The van der Waals surface area contributed by atoms with Crippen molar-refractivity contribution in [3.63, 3.8) is 0 Å². The summed E-state index contributed by atoms with van der Waals surface area (Å²) in [6.45, 7) is 1.38. The monoisotopic (exact) mass is 222 g/mol. The van der Waals surface area contributed by atoms with Crippen LogP contribution in [0, 0.1) is 0 Å². The summed E-state index contributed by atoms with van der Waals surface area (Å²) in [6, 6.07) is 1.57. The van der Waals surface area contributed by atoms with Gasteiger partial charge in [0.15, 0.2) is 5.75 Å². The lowest BCUT2D eigenvalue weighted by molar-refractivity contribution is 0.0251. The highest BCUT2D eigenvalue weighted by molar-refractivity contribution is 5.95. The Labute approximate surface area is 93.6 Å². The summed E-state index contributed by atoms with van der Waals surface area (Å²) < 4.78 is 10.9. The third kappa shape index (κ3) is 2.49. The van der Waals surface area contributed by atoms with Crippen molar-refractivity contribution in [1.82, 2.24) is 4.98 Å². The first-order chi connectivity index (χ1) is 7.77. The van der Waals surface area contributed by atoms with Gasteiger partial charge >= 0.3 is 0 Å². The van der Waals surface area contributed by atoms with E-state index in [1.165, 1.54) is 12.4 Å². The molecular formula is C11H14N2O3. The van der Waals surface area contributed by atoms with Crippen molar-refractivity contribution >= 4 is 5.91 Å². The molecule has 2 rings (SSSR count). The van der Waals surface area contributed by atoms with Crippen LogP contribution in [0.2, 0.25) is 0 Å². The van der Waals surface area contributed by atoms with Gasteiger partial charge in [-0.2, -0.15) is 0 Å². The number of carbonyl (C=O) groups excluding carboxylic acids is 1. The van der Waals surface area contributed by atoms with Gasteiger partial charge < -0.3 is 15.2 Å². The zero-order valence-corrected chi connectivity index (χ0v) is 8.89. The summed E-state index contributed by atoms with van der Waals surface area (Å²) in [5.74, 6) is -0.0358. The van der Waals surface area contributed by atoms with Crippen LogP contribution in [0.25, 0.3) is 0 Å². The van der Waals surface area contributed by atoms with Gasteiger partial charge in [-0.05, 0) is 6.07 Å². The van der Waals surface area contributed by atoms with Crippen LogP contribution >= 0.6 is 0 Å². The standard InChI is InChI=1S/C11H14N2O3/c12-11(14)9-1-4-13-7-10(9)16-8-2-5-15-6-3-8/h1,4,7-8H,2-3,5-6H2,(H2,12,14). The summed E-state index contributed by atoms with van der Waals surface area (Å²) >= 11 is 0. The smallest absolute Gasteiger partial charge is 0.252 e. The third-order valence-corrected chi connectivity index (χ3v) is 2.51. The van der Waals surface area contributed by atoms with Crippen molar-refractivity contribution in [2.75, 3.05) is 13.2 Å². The Kier molecular flexibility index (Phi) is 3.36. The van der Waals surface area contributed by atoms with Crippen molar-refractivity contribution in [1.29, 1.82) is 0 Å². The lowest BCUT2D eigenvalue weighted by atomic mass is 10.1. The van der Waals surface area contributed by atoms with Gasteiger partial charge in [0.25, 0.3) is 5.91 Å². The maximum Gasteiger partial charge on any atom is 0.252 e. The minimum Gasteiger partial charge on any atom is -0.488 e. The molecule has 0 radical (unpaired) electrons. The molecule has 86 valence electrons. The third-order valence-electron chi connectivity index (χ3n) is 2.51. The summed E-state index contributed by atoms with van der Waals surface area (Å²) in [5.41, 5.74) is 5.62. The van der Waals surface area contributed by atoms with Gasteiger partial charge in [0, 0.05) is 19.0 Å². The SMILES string of the molecule is NC(=O)c1ccncc1OC1CCOCC1. The number of pyridine rings is 1. The van der Waals surface area contributed by atoms with Gasteiger partial charge in [-0.15, -0.1) is 0 Å². The highest BCUT2D eigenvalue weighted by Crippen LogP contribution is 2.20. The maximum atomic E-state index is 11.2. The number of amides is 1. The molecule has 0 saturated carbocycles. The molecule has 0 aromatic carbocycles. The Bertz CT molecular complexity index is 375. The maximum absolute atomic E-state index is 11.2. The first-order valence-corrected chi connectivity index (χ1v) is 5.25. The van der Waals surface area contributed by atoms with Crippen LogP contribution in [-0.4, -0.2) is 30.2 Å². The van der Waals surface area contributed by atoms with Crippen LogP contribution in [0.1, 0.15) is 23.2 Å². The lowest BCUT2D eigenvalue weighted by Crippen LogP contribution is -2.27. The molecule has 0 aliphatic carbocycles. The molecule has 0 unspecified atom stereocenters. The van der Waals surface area contributed by atoms with Crippen LogP contribution in [0.5, 0.6) is 5.75 Å². The van der Waals surface area contributed by atoms with E-state index in [1.807, 2.05) is 0 Å². The Morgan fingerprint density at radius 3 is 2.94 bits per heavy atom. The second-order valence-corrected chi connectivity index (χ2v) is 3.67. The first kappa shape index (κ1) is 10.9. The summed E-state index contributed by atoms with van der Waals surface area (Å²) in [7, 11) is 0. The molecule has 1 saturated heterocycles. The van der Waals surface area contributed by atoms with Crippen LogP contribution in [0.3, 0.4) is 0 Å². The Morgan fingerprint density at radius 2 is 2.25 bits per heavy atom. The van der Waals surface area contributed by atoms with E-state index in [1.54, 1.807) is 6.07 Å². The van der Waals surface area contributed by atoms with E-state index in [4.69, 9.17) is 15.2 Å². The molecule has 5 nitrogen and oxygen atoms in total. The average molecular weight is 222 g/mol. The minimum atomic E-state index is -0.496. The molecule has 1 aliphatic heterocycles. The second kappa shape index (κ2) is 4.94. The van der Waals surface area contributed by atoms with Crippen LogP contribution in [0.15, 0.2) is 18.5 Å². The van der Waals surface area contributed by atoms with Gasteiger partial charge in [-0.3, -0.25) is 9.78 Å². The van der Waals surface area contributed by atoms with Crippen LogP contribution < -0.4 is 10.5 Å². The van der Waals surface area contributed by atoms with Crippen molar-refractivity contribution in [3.05, 3.63) is 24.0 Å². The predicted molar refractivity (Wildman–Crippen MR) is 57.2 cm³/mol. The number of carbonyl (C=O) groups is 1. The molecule has 1 amide bonds. The minimum absolute atomic E-state index is 0.0797. The number of rotatable bonds is 3. The Hall–Kier alpha value is -1.62. The fraction of sp³-hybridized carbons (Fsp3) is 0.455. The van der Waals surface area contributed by atoms with E-state index in [0.29, 0.717) is 24.5 Å². The molecule has 16 heavy (non-hydrogen) atoms. The second-order valence-electron chi connectivity index (χ2n) is 3.67. The predicted octanol–water partition coefficient (Wildman–Crippen LogP) is 0.738. The van der Waals surface area contributed by atoms with E-state index < -0.39 is 5.91 Å². The molecule has 0 atom stereocenters. The number of ether oxygens (including phenoxy) is 2. The quantitative estimate of drug-likeness (QED) is 0.818. The van der Waals surface area contributed by atoms with Crippen LogP contribution in [-0.2, 0) is 4.74 Å². The van der Waals surface area contributed by atoms with Crippen molar-refractivity contribution in [2.45, 2.75) is 18.9 Å². The molecule has 0 bridgehead atoms. The zero-order valence-electron chi connectivity index (χ0n) is 8.89. The van der Waals surface area contributed by atoms with Crippen LogP contribution in [0.4, 0.5) is 0 Å². The van der Waals surface area contributed by atoms with E-state index in [0.717, 1.165) is 12.8 Å². The Morgan fingerprint density at radius 1 is 1.50 bits per heavy atom. The van der Waals surface area contributed by atoms with Gasteiger partial charge in [0.1, 0.15) is 6.10 Å².